The van der Waals surface area contributed by atoms with Crippen LogP contribution in [0.3, 0.4) is 0 Å². The Hall–Kier alpha value is -0.210. The second-order valence-corrected chi connectivity index (χ2v) is 3.36. The second-order valence-electron chi connectivity index (χ2n) is 2.23. The van der Waals surface area contributed by atoms with Gasteiger partial charge in [0.2, 0.25) is 0 Å². The van der Waals surface area contributed by atoms with Gasteiger partial charge in [-0.15, -0.1) is 22.9 Å². The lowest BCUT2D eigenvalue weighted by Gasteiger charge is -2.13. The Labute approximate surface area is 70.2 Å². The van der Waals surface area contributed by atoms with Crippen LogP contribution in [0.2, 0.25) is 0 Å². The van der Waals surface area contributed by atoms with Gasteiger partial charge in [0.1, 0.15) is 0 Å². The molecule has 1 aromatic heterocycles. The standard InChI is InChI=1S/C7H10ClNS/c1-6-3-4-10-7(6)9(2)5-8/h3-4H,5H2,1-2H3. The molecule has 0 aliphatic heterocycles. The molecule has 0 spiro atoms. The lowest BCUT2D eigenvalue weighted by molar-refractivity contribution is 1.10. The van der Waals surface area contributed by atoms with Crippen molar-refractivity contribution in [3.05, 3.63) is 17.0 Å². The highest BCUT2D eigenvalue weighted by Gasteiger charge is 2.02. The zero-order valence-electron chi connectivity index (χ0n) is 6.10. The number of thiophene rings is 1. The largest absolute Gasteiger partial charge is 0.353 e. The number of alkyl halides is 1. The van der Waals surface area contributed by atoms with Gasteiger partial charge in [-0.25, -0.2) is 0 Å². The van der Waals surface area contributed by atoms with Crippen LogP contribution >= 0.6 is 22.9 Å². The molecule has 1 rings (SSSR count). The fourth-order valence-corrected chi connectivity index (χ4v) is 1.90. The summed E-state index contributed by atoms with van der Waals surface area (Å²) in [7, 11) is 1.99. The van der Waals surface area contributed by atoms with E-state index in [1.807, 2.05) is 11.9 Å². The second kappa shape index (κ2) is 3.26. The highest BCUT2D eigenvalue weighted by Crippen LogP contribution is 2.25. The van der Waals surface area contributed by atoms with Gasteiger partial charge in [0.15, 0.2) is 0 Å². The van der Waals surface area contributed by atoms with E-state index in [1.165, 1.54) is 10.6 Å². The third kappa shape index (κ3) is 1.44. The van der Waals surface area contributed by atoms with E-state index in [-0.39, 0.29) is 0 Å². The van der Waals surface area contributed by atoms with Gasteiger partial charge in [-0.3, -0.25) is 0 Å². The summed E-state index contributed by atoms with van der Waals surface area (Å²) < 4.78 is 0. The molecule has 0 aromatic carbocycles. The van der Waals surface area contributed by atoms with Crippen LogP contribution in [0.15, 0.2) is 11.4 Å². The van der Waals surface area contributed by atoms with Gasteiger partial charge >= 0.3 is 0 Å². The van der Waals surface area contributed by atoms with Crippen LogP contribution in [-0.4, -0.2) is 13.1 Å². The first-order valence-corrected chi connectivity index (χ1v) is 4.48. The molecule has 0 unspecified atom stereocenters. The highest BCUT2D eigenvalue weighted by molar-refractivity contribution is 7.14. The summed E-state index contributed by atoms with van der Waals surface area (Å²) in [5.74, 6) is 0. The lowest BCUT2D eigenvalue weighted by atomic mass is 10.3. The van der Waals surface area contributed by atoms with Crippen molar-refractivity contribution in [3.8, 4) is 0 Å². The van der Waals surface area contributed by atoms with Crippen molar-refractivity contribution in [1.82, 2.24) is 0 Å². The molecule has 0 atom stereocenters. The Balaban J connectivity index is 2.82. The van der Waals surface area contributed by atoms with Crippen LogP contribution in [0.25, 0.3) is 0 Å². The van der Waals surface area contributed by atoms with E-state index in [4.69, 9.17) is 11.6 Å². The van der Waals surface area contributed by atoms with Gasteiger partial charge in [0.05, 0.1) is 11.0 Å². The van der Waals surface area contributed by atoms with Crippen molar-refractivity contribution in [2.75, 3.05) is 18.0 Å². The molecule has 1 heterocycles. The third-order valence-electron chi connectivity index (χ3n) is 1.36. The van der Waals surface area contributed by atoms with Gasteiger partial charge in [0.25, 0.3) is 0 Å². The molecule has 0 fully saturated rings. The molecule has 0 saturated carbocycles. The third-order valence-corrected chi connectivity index (χ3v) is 2.85. The van der Waals surface area contributed by atoms with Crippen molar-refractivity contribution in [3.63, 3.8) is 0 Å². The smallest absolute Gasteiger partial charge is 0.0945 e. The number of aryl methyl sites for hydroxylation is 1. The maximum atomic E-state index is 5.65. The van der Waals surface area contributed by atoms with Gasteiger partial charge in [-0.05, 0) is 23.9 Å². The predicted molar refractivity (Wildman–Crippen MR) is 48.2 cm³/mol. The summed E-state index contributed by atoms with van der Waals surface area (Å²) in [6, 6.07) is 2.66. The fraction of sp³-hybridized carbons (Fsp3) is 0.429. The van der Waals surface area contributed by atoms with Crippen molar-refractivity contribution >= 4 is 27.9 Å². The van der Waals surface area contributed by atoms with E-state index in [2.05, 4.69) is 18.4 Å². The molecule has 1 nitrogen and oxygen atoms in total. The van der Waals surface area contributed by atoms with Crippen LogP contribution < -0.4 is 4.90 Å². The molecule has 0 aliphatic rings. The minimum absolute atomic E-state index is 0.557. The maximum Gasteiger partial charge on any atom is 0.0945 e. The summed E-state index contributed by atoms with van der Waals surface area (Å²) in [6.07, 6.45) is 0. The molecule has 3 heteroatoms. The number of anilines is 1. The summed E-state index contributed by atoms with van der Waals surface area (Å²) in [6.45, 7) is 2.09. The normalized spacial score (nSPS) is 9.90. The minimum Gasteiger partial charge on any atom is -0.353 e. The molecule has 0 aliphatic carbocycles. The Kier molecular flexibility index (Phi) is 2.57. The van der Waals surface area contributed by atoms with Crippen LogP contribution in [-0.2, 0) is 0 Å². The van der Waals surface area contributed by atoms with Crippen molar-refractivity contribution in [2.45, 2.75) is 6.92 Å². The Morgan fingerprint density at radius 2 is 2.40 bits per heavy atom. The predicted octanol–water partition coefficient (Wildman–Crippen LogP) is 2.69. The van der Waals surface area contributed by atoms with E-state index in [0.717, 1.165) is 0 Å². The Morgan fingerprint density at radius 3 is 2.80 bits per heavy atom. The number of rotatable bonds is 2. The Bertz CT molecular complexity index is 209. The van der Waals surface area contributed by atoms with Gasteiger partial charge in [0, 0.05) is 7.05 Å². The molecule has 1 aromatic rings. The lowest BCUT2D eigenvalue weighted by Crippen LogP contribution is -2.13. The first-order chi connectivity index (χ1) is 4.75. The first-order valence-electron chi connectivity index (χ1n) is 3.07. The zero-order valence-corrected chi connectivity index (χ0v) is 7.67. The molecule has 0 N–H and O–H groups in total. The number of hydrogen-bond donors (Lipinski definition) is 0. The van der Waals surface area contributed by atoms with Gasteiger partial charge in [-0.1, -0.05) is 0 Å². The number of halogens is 1. The maximum absolute atomic E-state index is 5.65. The van der Waals surface area contributed by atoms with E-state index in [0.29, 0.717) is 6.00 Å². The van der Waals surface area contributed by atoms with Crippen molar-refractivity contribution < 1.29 is 0 Å². The van der Waals surface area contributed by atoms with E-state index < -0.39 is 0 Å². The summed E-state index contributed by atoms with van der Waals surface area (Å²) in [5.41, 5.74) is 1.30. The first kappa shape index (κ1) is 7.89. The van der Waals surface area contributed by atoms with E-state index in [9.17, 15) is 0 Å². The summed E-state index contributed by atoms with van der Waals surface area (Å²) in [5, 5.41) is 3.34. The van der Waals surface area contributed by atoms with E-state index in [1.54, 1.807) is 11.3 Å². The summed E-state index contributed by atoms with van der Waals surface area (Å²) >= 11 is 7.37. The Morgan fingerprint density at radius 1 is 1.70 bits per heavy atom. The fourth-order valence-electron chi connectivity index (χ4n) is 0.810. The molecule has 56 valence electrons. The van der Waals surface area contributed by atoms with Crippen LogP contribution in [0.1, 0.15) is 5.56 Å². The molecular formula is C7H10ClNS. The van der Waals surface area contributed by atoms with Crippen molar-refractivity contribution in [1.29, 1.82) is 0 Å². The monoisotopic (exact) mass is 175 g/mol. The van der Waals surface area contributed by atoms with Crippen molar-refractivity contribution in [2.24, 2.45) is 0 Å². The minimum atomic E-state index is 0.557. The van der Waals surface area contributed by atoms with Gasteiger partial charge in [-0.2, -0.15) is 0 Å². The number of nitrogens with zero attached hydrogens (tertiary/aromatic N) is 1. The van der Waals surface area contributed by atoms with Gasteiger partial charge < -0.3 is 4.90 Å². The van der Waals surface area contributed by atoms with Crippen LogP contribution in [0.5, 0.6) is 0 Å². The molecular weight excluding hydrogens is 166 g/mol. The SMILES string of the molecule is Cc1ccsc1N(C)CCl. The zero-order chi connectivity index (χ0) is 7.56. The molecule has 0 saturated heterocycles. The average molecular weight is 176 g/mol. The molecule has 0 radical (unpaired) electrons. The van der Waals surface area contributed by atoms with E-state index >= 15 is 0 Å². The molecule has 0 bridgehead atoms. The average Bonchev–Trinajstić information content (AvgIpc) is 2.34. The molecule has 10 heavy (non-hydrogen) atoms. The topological polar surface area (TPSA) is 3.24 Å². The number of hydrogen-bond acceptors (Lipinski definition) is 2. The van der Waals surface area contributed by atoms with Crippen LogP contribution in [0, 0.1) is 6.92 Å². The highest BCUT2D eigenvalue weighted by atomic mass is 35.5. The van der Waals surface area contributed by atoms with Crippen LogP contribution in [0.4, 0.5) is 5.00 Å². The summed E-state index contributed by atoms with van der Waals surface area (Å²) in [4.78, 5) is 2.03. The quantitative estimate of drug-likeness (QED) is 0.494. The molecule has 0 amide bonds.